The van der Waals surface area contributed by atoms with E-state index in [1.165, 1.54) is 64.3 Å². The van der Waals surface area contributed by atoms with Gasteiger partial charge in [0.2, 0.25) is 0 Å². The second-order valence-electron chi connectivity index (χ2n) is 15.7. The van der Waals surface area contributed by atoms with Gasteiger partial charge in [-0.15, -0.1) is 11.3 Å². The van der Waals surface area contributed by atoms with Crippen molar-refractivity contribution in [1.29, 1.82) is 0 Å². The van der Waals surface area contributed by atoms with Gasteiger partial charge in [0.05, 0.1) is 22.9 Å². The molecule has 0 saturated heterocycles. The molecule has 2 aromatic heterocycles. The van der Waals surface area contributed by atoms with Gasteiger partial charge in [-0.05, 0) is 90.7 Å². The number of aromatic nitrogens is 2. The van der Waals surface area contributed by atoms with Crippen molar-refractivity contribution in [3.8, 4) is 66.9 Å². The van der Waals surface area contributed by atoms with Crippen molar-refractivity contribution < 1.29 is 0 Å². The highest BCUT2D eigenvalue weighted by molar-refractivity contribution is 7.26. The van der Waals surface area contributed by atoms with Gasteiger partial charge in [0.1, 0.15) is 0 Å². The van der Waals surface area contributed by atoms with E-state index in [9.17, 15) is 0 Å². The van der Waals surface area contributed by atoms with Gasteiger partial charge in [0.25, 0.3) is 0 Å². The van der Waals surface area contributed by atoms with Gasteiger partial charge in [-0.3, -0.25) is 4.98 Å². The summed E-state index contributed by atoms with van der Waals surface area (Å²) in [6.45, 7) is 0. The molecule has 0 N–H and O–H groups in total. The van der Waals surface area contributed by atoms with Crippen LogP contribution in [0.15, 0.2) is 219 Å². The van der Waals surface area contributed by atoms with Gasteiger partial charge in [0.15, 0.2) is 0 Å². The summed E-state index contributed by atoms with van der Waals surface area (Å²) in [5.74, 6) is 0. The van der Waals surface area contributed by atoms with Crippen molar-refractivity contribution in [2.45, 2.75) is 0 Å². The normalized spacial score (nSPS) is 11.6. The van der Waals surface area contributed by atoms with Crippen LogP contribution in [0.2, 0.25) is 0 Å². The third-order valence-electron chi connectivity index (χ3n) is 12.1. The Kier molecular flexibility index (Phi) is 8.39. The fraction of sp³-hybridized carbons (Fsp3) is 0. The molecular formula is C58H36N2S. The zero-order valence-electron chi connectivity index (χ0n) is 33.1. The van der Waals surface area contributed by atoms with Crippen LogP contribution in [0.5, 0.6) is 0 Å². The standard InChI is InChI=1S/C58H36N2S/c1-3-11-37(12-4-1)44-29-31-48-49-32-30-45(38-13-5-2-6-14-38)35-53(49)57-56(52(48)34-44)59-36-54(60-57)46-16-9-15-43(33-46)41-23-21-39(22-24-41)40-25-27-42(28-26-40)47-18-10-19-51-50-17-7-8-20-55(50)61-58(47)51/h1-36H. The zero-order chi connectivity index (χ0) is 40.3. The van der Waals surface area contributed by atoms with Gasteiger partial charge in [0, 0.05) is 36.5 Å². The van der Waals surface area contributed by atoms with E-state index in [4.69, 9.17) is 9.97 Å². The summed E-state index contributed by atoms with van der Waals surface area (Å²) in [5, 5.41) is 7.21. The first-order chi connectivity index (χ1) is 30.2. The molecule has 10 aromatic carbocycles. The molecular weight excluding hydrogens is 757 g/mol. The molecule has 0 saturated carbocycles. The SMILES string of the molecule is c1ccc(-c2ccc3c4ccc(-c5ccccc5)cc4c4nc(-c5cccc(-c6ccc(-c7ccc(-c8cccc9c8sc8ccccc89)cc7)cc6)c5)cnc4c3c2)cc1. The fourth-order valence-corrected chi connectivity index (χ4v) is 10.3. The zero-order valence-corrected chi connectivity index (χ0v) is 33.9. The average Bonchev–Trinajstić information content (AvgIpc) is 3.73. The number of fused-ring (bicyclic) bond motifs is 9. The first-order valence-electron chi connectivity index (χ1n) is 20.7. The van der Waals surface area contributed by atoms with E-state index in [1.807, 2.05) is 17.5 Å². The Bertz CT molecular complexity index is 3610. The van der Waals surface area contributed by atoms with Crippen LogP contribution >= 0.6 is 11.3 Å². The Balaban J connectivity index is 0.898. The maximum atomic E-state index is 5.44. The molecule has 0 aliphatic carbocycles. The van der Waals surface area contributed by atoms with Crippen LogP contribution in [0.4, 0.5) is 0 Å². The lowest BCUT2D eigenvalue weighted by Crippen LogP contribution is -1.93. The molecule has 12 aromatic rings. The molecule has 61 heavy (non-hydrogen) atoms. The summed E-state index contributed by atoms with van der Waals surface area (Å²) in [4.78, 5) is 10.7. The molecule has 0 spiro atoms. The minimum Gasteiger partial charge on any atom is -0.252 e. The second kappa shape index (κ2) is 14.5. The third kappa shape index (κ3) is 6.18. The summed E-state index contributed by atoms with van der Waals surface area (Å²) in [5.41, 5.74) is 15.6. The van der Waals surface area contributed by atoms with Crippen molar-refractivity contribution in [2.24, 2.45) is 0 Å². The van der Waals surface area contributed by atoms with E-state index in [-0.39, 0.29) is 0 Å². The van der Waals surface area contributed by atoms with E-state index in [0.29, 0.717) is 0 Å². The Hall–Kier alpha value is -7.72. The molecule has 12 rings (SSSR count). The summed E-state index contributed by atoms with van der Waals surface area (Å²) in [6, 6.07) is 76.6. The van der Waals surface area contributed by atoms with Crippen molar-refractivity contribution in [2.75, 3.05) is 0 Å². The largest absolute Gasteiger partial charge is 0.252 e. The van der Waals surface area contributed by atoms with Crippen LogP contribution in [-0.2, 0) is 0 Å². The molecule has 0 radical (unpaired) electrons. The van der Waals surface area contributed by atoms with Crippen LogP contribution in [0.1, 0.15) is 0 Å². The molecule has 0 aliphatic rings. The summed E-state index contributed by atoms with van der Waals surface area (Å²) >= 11 is 1.88. The van der Waals surface area contributed by atoms with Gasteiger partial charge >= 0.3 is 0 Å². The van der Waals surface area contributed by atoms with Crippen LogP contribution in [-0.4, -0.2) is 9.97 Å². The second-order valence-corrected chi connectivity index (χ2v) is 16.8. The number of benzene rings is 10. The highest BCUT2D eigenvalue weighted by Gasteiger charge is 2.16. The smallest absolute Gasteiger partial charge is 0.0979 e. The monoisotopic (exact) mass is 792 g/mol. The summed E-state index contributed by atoms with van der Waals surface area (Å²) in [6.07, 6.45) is 1.94. The molecule has 284 valence electrons. The molecule has 0 unspecified atom stereocenters. The molecule has 0 amide bonds. The molecule has 0 fully saturated rings. The molecule has 0 atom stereocenters. The Labute approximate surface area is 357 Å². The van der Waals surface area contributed by atoms with Crippen LogP contribution < -0.4 is 0 Å². The van der Waals surface area contributed by atoms with Crippen LogP contribution in [0, 0.1) is 0 Å². The lowest BCUT2D eigenvalue weighted by molar-refractivity contribution is 1.31. The third-order valence-corrected chi connectivity index (χ3v) is 13.4. The van der Waals surface area contributed by atoms with Crippen molar-refractivity contribution in [1.82, 2.24) is 9.97 Å². The molecule has 0 bridgehead atoms. The van der Waals surface area contributed by atoms with Gasteiger partial charge in [-0.25, -0.2) is 4.98 Å². The first kappa shape index (κ1) is 35.2. The fourth-order valence-electron chi connectivity index (χ4n) is 9.01. The number of rotatable bonds is 6. The predicted molar refractivity (Wildman–Crippen MR) is 260 cm³/mol. The lowest BCUT2D eigenvalue weighted by atomic mass is 9.93. The number of thiophene rings is 1. The van der Waals surface area contributed by atoms with Crippen molar-refractivity contribution >= 4 is 64.1 Å². The lowest BCUT2D eigenvalue weighted by Gasteiger charge is -2.14. The highest BCUT2D eigenvalue weighted by atomic mass is 32.1. The van der Waals surface area contributed by atoms with Crippen LogP contribution in [0.25, 0.3) is 120 Å². The summed E-state index contributed by atoms with van der Waals surface area (Å²) in [7, 11) is 0. The Morgan fingerprint density at radius 2 is 0.770 bits per heavy atom. The minimum absolute atomic E-state index is 0.849. The Morgan fingerprint density at radius 3 is 1.44 bits per heavy atom. The van der Waals surface area contributed by atoms with E-state index in [0.717, 1.165) is 55.3 Å². The van der Waals surface area contributed by atoms with Crippen molar-refractivity contribution in [3.63, 3.8) is 0 Å². The van der Waals surface area contributed by atoms with E-state index >= 15 is 0 Å². The predicted octanol–water partition coefficient (Wildman–Crippen LogP) is 16.3. The maximum Gasteiger partial charge on any atom is 0.0979 e. The molecule has 3 heteroatoms. The molecule has 2 heterocycles. The van der Waals surface area contributed by atoms with Gasteiger partial charge < -0.3 is 0 Å². The van der Waals surface area contributed by atoms with Gasteiger partial charge in [-0.2, -0.15) is 0 Å². The van der Waals surface area contributed by atoms with Crippen molar-refractivity contribution in [3.05, 3.63) is 219 Å². The molecule has 0 aliphatic heterocycles. The summed E-state index contributed by atoms with van der Waals surface area (Å²) < 4.78 is 2.67. The van der Waals surface area contributed by atoms with Crippen LogP contribution in [0.3, 0.4) is 0 Å². The highest BCUT2D eigenvalue weighted by Crippen LogP contribution is 2.41. The van der Waals surface area contributed by atoms with E-state index in [1.54, 1.807) is 0 Å². The maximum absolute atomic E-state index is 5.44. The number of hydrogen-bond donors (Lipinski definition) is 0. The Morgan fingerprint density at radius 1 is 0.295 bits per heavy atom. The quantitative estimate of drug-likeness (QED) is 0.157. The average molecular weight is 793 g/mol. The van der Waals surface area contributed by atoms with E-state index in [2.05, 4.69) is 212 Å². The van der Waals surface area contributed by atoms with E-state index < -0.39 is 0 Å². The minimum atomic E-state index is 0.849. The topological polar surface area (TPSA) is 25.8 Å². The number of hydrogen-bond acceptors (Lipinski definition) is 3. The number of nitrogens with zero attached hydrogens (tertiary/aromatic N) is 2. The van der Waals surface area contributed by atoms with Gasteiger partial charge in [-0.1, -0.05) is 188 Å². The first-order valence-corrected chi connectivity index (χ1v) is 21.5. The molecule has 2 nitrogen and oxygen atoms in total.